The molecular formula is C31H31N5O5S. The Balaban J connectivity index is 0.000000271. The van der Waals surface area contributed by atoms with Gasteiger partial charge in [-0.05, 0) is 53.9 Å². The molecule has 3 aromatic heterocycles. The van der Waals surface area contributed by atoms with Gasteiger partial charge in [-0.1, -0.05) is 12.1 Å². The predicted molar refractivity (Wildman–Crippen MR) is 167 cm³/mol. The third-order valence-electron chi connectivity index (χ3n) is 6.41. The van der Waals surface area contributed by atoms with Gasteiger partial charge in [0.05, 0.1) is 51.3 Å². The number of nitrogen functional groups attached to an aromatic ring is 1. The van der Waals surface area contributed by atoms with Crippen molar-refractivity contribution in [2.24, 2.45) is 0 Å². The van der Waals surface area contributed by atoms with Crippen LogP contribution in [0.25, 0.3) is 26.3 Å². The second kappa shape index (κ2) is 12.6. The molecule has 10 nitrogen and oxygen atoms in total. The van der Waals surface area contributed by atoms with Crippen molar-refractivity contribution >= 4 is 44.3 Å². The zero-order chi connectivity index (χ0) is 29.6. The van der Waals surface area contributed by atoms with Crippen molar-refractivity contribution in [2.45, 2.75) is 0 Å². The van der Waals surface area contributed by atoms with Gasteiger partial charge >= 0.3 is 0 Å². The van der Waals surface area contributed by atoms with Gasteiger partial charge in [-0.25, -0.2) is 9.50 Å². The number of hydrogen-bond acceptors (Lipinski definition) is 10. The summed E-state index contributed by atoms with van der Waals surface area (Å²) in [4.78, 5) is 5.59. The Morgan fingerprint density at radius 3 is 2.12 bits per heavy atom. The highest BCUT2D eigenvalue weighted by atomic mass is 32.1. The summed E-state index contributed by atoms with van der Waals surface area (Å²) in [6, 6.07) is 22.9. The summed E-state index contributed by atoms with van der Waals surface area (Å²) in [5, 5.41) is 9.22. The number of rotatable bonds is 8. The molecule has 0 bridgehead atoms. The highest BCUT2D eigenvalue weighted by molar-refractivity contribution is 7.22. The number of methoxy groups -OCH3 is 5. The fourth-order valence-corrected chi connectivity index (χ4v) is 5.49. The molecule has 0 fully saturated rings. The first-order valence-electron chi connectivity index (χ1n) is 12.9. The smallest absolute Gasteiger partial charge is 0.162 e. The first-order chi connectivity index (χ1) is 20.5. The molecule has 42 heavy (non-hydrogen) atoms. The highest BCUT2D eigenvalue weighted by Crippen LogP contribution is 2.38. The maximum Gasteiger partial charge on any atom is 0.162 e. The fraction of sp³-hybridized carbons (Fsp3) is 0.161. The molecule has 0 unspecified atom stereocenters. The molecule has 11 heteroatoms. The molecule has 0 atom stereocenters. The van der Waals surface area contributed by atoms with Gasteiger partial charge in [0.1, 0.15) is 11.4 Å². The normalized spacial score (nSPS) is 10.6. The molecule has 0 spiro atoms. The van der Waals surface area contributed by atoms with Gasteiger partial charge in [-0.2, -0.15) is 0 Å². The largest absolute Gasteiger partial charge is 0.495 e. The summed E-state index contributed by atoms with van der Waals surface area (Å²) in [5.41, 5.74) is 8.74. The monoisotopic (exact) mass is 585 g/mol. The Hall–Kier alpha value is -5.16. The van der Waals surface area contributed by atoms with Crippen molar-refractivity contribution in [1.82, 2.24) is 14.6 Å². The molecule has 3 aromatic carbocycles. The summed E-state index contributed by atoms with van der Waals surface area (Å²) in [6.07, 6.45) is 1.85. The zero-order valence-electron chi connectivity index (χ0n) is 23.9. The van der Waals surface area contributed by atoms with Gasteiger partial charge in [0.25, 0.3) is 0 Å². The maximum atomic E-state index is 5.52. The molecule has 0 aliphatic heterocycles. The third kappa shape index (κ3) is 5.81. The van der Waals surface area contributed by atoms with E-state index in [1.54, 1.807) is 65.1 Å². The van der Waals surface area contributed by atoms with E-state index in [9.17, 15) is 0 Å². The van der Waals surface area contributed by atoms with Gasteiger partial charge in [-0.15, -0.1) is 16.4 Å². The van der Waals surface area contributed by atoms with Gasteiger partial charge in [0, 0.05) is 23.5 Å². The second-order valence-corrected chi connectivity index (χ2v) is 9.98. The number of nitrogens with one attached hydrogen (secondary N) is 1. The Morgan fingerprint density at radius 1 is 0.714 bits per heavy atom. The Kier molecular flexibility index (Phi) is 8.49. The molecule has 216 valence electrons. The average Bonchev–Trinajstić information content (AvgIpc) is 3.65. The van der Waals surface area contributed by atoms with E-state index in [0.717, 1.165) is 37.7 Å². The van der Waals surface area contributed by atoms with Crippen LogP contribution in [0.15, 0.2) is 79.0 Å². The van der Waals surface area contributed by atoms with Crippen LogP contribution in [0.5, 0.6) is 28.7 Å². The number of benzene rings is 3. The third-order valence-corrected chi connectivity index (χ3v) is 7.59. The lowest BCUT2D eigenvalue weighted by atomic mass is 10.2. The fourth-order valence-electron chi connectivity index (χ4n) is 4.35. The number of nitrogens with zero attached hydrogens (tertiary/aromatic N) is 3. The lowest BCUT2D eigenvalue weighted by Gasteiger charge is -2.11. The molecule has 0 saturated carbocycles. The second-order valence-electron chi connectivity index (χ2n) is 8.93. The Morgan fingerprint density at radius 2 is 1.40 bits per heavy atom. The summed E-state index contributed by atoms with van der Waals surface area (Å²) >= 11 is 1.66. The van der Waals surface area contributed by atoms with E-state index in [-0.39, 0.29) is 0 Å². The molecule has 0 aliphatic rings. The molecule has 0 aliphatic carbocycles. The molecule has 3 heterocycles. The lowest BCUT2D eigenvalue weighted by Crippen LogP contribution is -2.00. The molecule has 0 amide bonds. The van der Waals surface area contributed by atoms with E-state index in [0.29, 0.717) is 34.5 Å². The van der Waals surface area contributed by atoms with Crippen LogP contribution >= 0.6 is 11.3 Å². The minimum atomic E-state index is 0.649. The molecule has 6 rings (SSSR count). The SMILES string of the molecule is COc1ccc(N)cc1OC.COc1ccc(Nc2ccc3ncc(-c4cc5cccc(OC)c5s4)n3n2)cc1OC. The summed E-state index contributed by atoms with van der Waals surface area (Å²) in [7, 11) is 8.09. The van der Waals surface area contributed by atoms with Crippen LogP contribution in [0.4, 0.5) is 17.2 Å². The number of aromatic nitrogens is 3. The number of nitrogens with two attached hydrogens (primary N) is 1. The van der Waals surface area contributed by atoms with E-state index < -0.39 is 0 Å². The number of ether oxygens (including phenoxy) is 5. The summed E-state index contributed by atoms with van der Waals surface area (Å²) in [6.45, 7) is 0. The van der Waals surface area contributed by atoms with Crippen LogP contribution in [0, 0.1) is 0 Å². The molecule has 0 saturated heterocycles. The zero-order valence-corrected chi connectivity index (χ0v) is 24.7. The van der Waals surface area contributed by atoms with Crippen LogP contribution in [0.3, 0.4) is 0 Å². The van der Waals surface area contributed by atoms with Crippen molar-refractivity contribution < 1.29 is 23.7 Å². The van der Waals surface area contributed by atoms with Gasteiger partial charge < -0.3 is 34.7 Å². The van der Waals surface area contributed by atoms with Crippen LogP contribution in [-0.4, -0.2) is 50.1 Å². The van der Waals surface area contributed by atoms with Crippen molar-refractivity contribution in [1.29, 1.82) is 0 Å². The maximum absolute atomic E-state index is 5.52. The van der Waals surface area contributed by atoms with E-state index in [1.165, 1.54) is 0 Å². The molecule has 3 N–H and O–H groups in total. The van der Waals surface area contributed by atoms with E-state index in [2.05, 4.69) is 22.4 Å². The van der Waals surface area contributed by atoms with E-state index >= 15 is 0 Å². The number of fused-ring (bicyclic) bond motifs is 2. The lowest BCUT2D eigenvalue weighted by molar-refractivity contribution is 0.355. The van der Waals surface area contributed by atoms with Crippen LogP contribution in [0.2, 0.25) is 0 Å². The van der Waals surface area contributed by atoms with Crippen molar-refractivity contribution in [3.05, 3.63) is 79.0 Å². The van der Waals surface area contributed by atoms with Gasteiger partial charge in [0.2, 0.25) is 0 Å². The Bertz CT molecular complexity index is 1830. The van der Waals surface area contributed by atoms with Crippen molar-refractivity contribution in [3.63, 3.8) is 0 Å². The standard InChI is InChI=1S/C23H20N4O3S.C8H11NO2/c1-28-17-8-7-15(12-19(17)30-3)25-21-9-10-22-24-13-16(27(22)26-21)20-11-14-5-4-6-18(29-2)23(14)31-20;1-10-7-4-3-6(9)5-8(7)11-2/h4-13H,1-3H3,(H,25,26);3-5H,9H2,1-2H3. The molecular weight excluding hydrogens is 554 g/mol. The van der Waals surface area contributed by atoms with Gasteiger partial charge in [0.15, 0.2) is 34.5 Å². The van der Waals surface area contributed by atoms with Crippen LogP contribution in [0.1, 0.15) is 0 Å². The summed E-state index contributed by atoms with van der Waals surface area (Å²) < 4.78 is 29.2. The quantitative estimate of drug-likeness (QED) is 0.189. The first kappa shape index (κ1) is 28.4. The predicted octanol–water partition coefficient (Wildman–Crippen LogP) is 6.67. The number of anilines is 3. The summed E-state index contributed by atoms with van der Waals surface area (Å²) in [5.74, 6) is 4.24. The Labute approximate surface area is 247 Å². The van der Waals surface area contributed by atoms with Crippen LogP contribution in [-0.2, 0) is 0 Å². The highest BCUT2D eigenvalue weighted by Gasteiger charge is 2.14. The molecule has 0 radical (unpaired) electrons. The van der Waals surface area contributed by atoms with Crippen molar-refractivity contribution in [2.75, 3.05) is 46.6 Å². The van der Waals surface area contributed by atoms with E-state index in [1.807, 2.05) is 53.2 Å². The van der Waals surface area contributed by atoms with Gasteiger partial charge in [-0.3, -0.25) is 0 Å². The number of imidazole rings is 1. The first-order valence-corrected chi connectivity index (χ1v) is 13.7. The number of hydrogen-bond donors (Lipinski definition) is 2. The minimum Gasteiger partial charge on any atom is -0.495 e. The van der Waals surface area contributed by atoms with Crippen molar-refractivity contribution in [3.8, 4) is 39.3 Å². The number of thiophene rings is 1. The molecule has 6 aromatic rings. The topological polar surface area (TPSA) is 114 Å². The van der Waals surface area contributed by atoms with Crippen LogP contribution < -0.4 is 34.7 Å². The van der Waals surface area contributed by atoms with E-state index in [4.69, 9.17) is 34.5 Å². The minimum absolute atomic E-state index is 0.649. The average molecular weight is 586 g/mol.